The van der Waals surface area contributed by atoms with Crippen LogP contribution >= 0.6 is 11.6 Å². The molecule has 0 radical (unpaired) electrons. The monoisotopic (exact) mass is 355 g/mol. The van der Waals surface area contributed by atoms with Crippen molar-refractivity contribution < 1.29 is 9.53 Å². The van der Waals surface area contributed by atoms with Gasteiger partial charge in [-0.1, -0.05) is 41.9 Å². The number of morpholine rings is 1. The summed E-state index contributed by atoms with van der Waals surface area (Å²) in [4.78, 5) is 14.8. The van der Waals surface area contributed by atoms with Crippen LogP contribution in [0.4, 0.5) is 5.69 Å². The van der Waals surface area contributed by atoms with Gasteiger partial charge in [0.2, 0.25) is 0 Å². The number of hydrazone groups is 1. The van der Waals surface area contributed by atoms with Crippen molar-refractivity contribution in [2.45, 2.75) is 6.54 Å². The van der Waals surface area contributed by atoms with E-state index in [1.54, 1.807) is 4.90 Å². The third-order valence-electron chi connectivity index (χ3n) is 4.38. The fraction of sp³-hybridized carbons (Fsp3) is 0.263. The van der Waals surface area contributed by atoms with E-state index in [0.29, 0.717) is 43.6 Å². The lowest BCUT2D eigenvalue weighted by atomic mass is 10.1. The molecule has 2 aromatic rings. The number of hydrogen-bond donors (Lipinski definition) is 0. The van der Waals surface area contributed by atoms with E-state index in [1.807, 2.05) is 53.5 Å². The van der Waals surface area contributed by atoms with Crippen LogP contribution in [0.5, 0.6) is 0 Å². The van der Waals surface area contributed by atoms with Crippen molar-refractivity contribution in [1.29, 1.82) is 0 Å². The van der Waals surface area contributed by atoms with Gasteiger partial charge in [-0.15, -0.1) is 0 Å². The number of nitrogens with zero attached hydrogens (tertiary/aromatic N) is 3. The maximum absolute atomic E-state index is 13.0. The van der Waals surface area contributed by atoms with Crippen LogP contribution in [0.2, 0.25) is 5.02 Å². The van der Waals surface area contributed by atoms with Crippen LogP contribution in [-0.4, -0.2) is 42.9 Å². The third-order valence-corrected chi connectivity index (χ3v) is 4.63. The molecule has 2 heterocycles. The maximum atomic E-state index is 13.0. The molecule has 2 aromatic carbocycles. The lowest BCUT2D eigenvalue weighted by Gasteiger charge is -2.24. The van der Waals surface area contributed by atoms with Gasteiger partial charge in [-0.2, -0.15) is 5.10 Å². The van der Waals surface area contributed by atoms with E-state index in [4.69, 9.17) is 16.3 Å². The van der Waals surface area contributed by atoms with Gasteiger partial charge in [-0.25, -0.2) is 0 Å². The van der Waals surface area contributed by atoms with Crippen molar-refractivity contribution >= 4 is 28.9 Å². The first-order valence-electron chi connectivity index (χ1n) is 8.29. The summed E-state index contributed by atoms with van der Waals surface area (Å²) in [6, 6.07) is 15.4. The summed E-state index contributed by atoms with van der Waals surface area (Å²) in [6.07, 6.45) is 0. The zero-order valence-corrected chi connectivity index (χ0v) is 14.4. The third kappa shape index (κ3) is 3.25. The van der Waals surface area contributed by atoms with Crippen molar-refractivity contribution in [3.63, 3.8) is 0 Å². The minimum atomic E-state index is -0.0670. The number of halogens is 1. The van der Waals surface area contributed by atoms with Crippen molar-refractivity contribution in [2.75, 3.05) is 31.2 Å². The Morgan fingerprint density at radius 3 is 2.52 bits per heavy atom. The Morgan fingerprint density at radius 1 is 1.04 bits per heavy atom. The van der Waals surface area contributed by atoms with Crippen LogP contribution in [0.3, 0.4) is 0 Å². The molecule has 1 saturated heterocycles. The van der Waals surface area contributed by atoms with Crippen LogP contribution in [0.15, 0.2) is 53.6 Å². The number of ether oxygens (including phenoxy) is 1. The largest absolute Gasteiger partial charge is 0.378 e. The van der Waals surface area contributed by atoms with E-state index in [0.717, 1.165) is 16.8 Å². The smallest absolute Gasteiger partial charge is 0.279 e. The summed E-state index contributed by atoms with van der Waals surface area (Å²) in [5.74, 6) is -0.0670. The standard InChI is InChI=1S/C19H18ClN3O2/c20-15-7-5-14(6-8-15)13-23-17-4-2-1-3-16(17)18(19(23)24)21-22-9-11-25-12-10-22/h1-8H,9-13H2/b21-18-. The molecular weight excluding hydrogens is 338 g/mol. The molecule has 0 atom stereocenters. The Balaban J connectivity index is 1.66. The number of fused-ring (bicyclic) bond motifs is 1. The van der Waals surface area contributed by atoms with Gasteiger partial charge < -0.3 is 9.64 Å². The predicted octanol–water partition coefficient (Wildman–Crippen LogP) is 2.92. The molecule has 6 heteroatoms. The molecule has 1 amide bonds. The van der Waals surface area contributed by atoms with E-state index in [2.05, 4.69) is 5.10 Å². The molecular formula is C19H18ClN3O2. The van der Waals surface area contributed by atoms with Gasteiger partial charge in [0.05, 0.1) is 38.5 Å². The highest BCUT2D eigenvalue weighted by molar-refractivity contribution is 6.54. The summed E-state index contributed by atoms with van der Waals surface area (Å²) in [5, 5.41) is 7.22. The van der Waals surface area contributed by atoms with E-state index in [1.165, 1.54) is 0 Å². The molecule has 0 saturated carbocycles. The number of rotatable bonds is 3. The number of carbonyl (C=O) groups excluding carboxylic acids is 1. The lowest BCUT2D eigenvalue weighted by Crippen LogP contribution is -2.35. The zero-order chi connectivity index (χ0) is 17.2. The maximum Gasteiger partial charge on any atom is 0.279 e. The Kier molecular flexibility index (Phi) is 4.42. The number of para-hydroxylation sites is 1. The second kappa shape index (κ2) is 6.86. The normalized spacial score (nSPS) is 18.8. The fourth-order valence-electron chi connectivity index (χ4n) is 3.08. The molecule has 0 N–H and O–H groups in total. The fourth-order valence-corrected chi connectivity index (χ4v) is 3.21. The SMILES string of the molecule is O=C1/C(=N\N2CCOCC2)c2ccccc2N1Cc1ccc(Cl)cc1. The van der Waals surface area contributed by atoms with Crippen LogP contribution in [0, 0.1) is 0 Å². The topological polar surface area (TPSA) is 45.1 Å². The molecule has 2 aliphatic heterocycles. The number of amides is 1. The van der Waals surface area contributed by atoms with Crippen molar-refractivity contribution in [3.05, 3.63) is 64.7 Å². The van der Waals surface area contributed by atoms with E-state index in [-0.39, 0.29) is 5.91 Å². The van der Waals surface area contributed by atoms with Crippen molar-refractivity contribution in [3.8, 4) is 0 Å². The average molecular weight is 356 g/mol. The van der Waals surface area contributed by atoms with E-state index in [9.17, 15) is 4.79 Å². The highest BCUT2D eigenvalue weighted by atomic mass is 35.5. The first-order valence-corrected chi connectivity index (χ1v) is 8.67. The molecule has 25 heavy (non-hydrogen) atoms. The predicted molar refractivity (Wildman–Crippen MR) is 98.0 cm³/mol. The van der Waals surface area contributed by atoms with Gasteiger partial charge in [0, 0.05) is 10.6 Å². The van der Waals surface area contributed by atoms with Gasteiger partial charge in [0.25, 0.3) is 5.91 Å². The molecule has 0 bridgehead atoms. The minimum absolute atomic E-state index is 0.0670. The van der Waals surface area contributed by atoms with Crippen molar-refractivity contribution in [1.82, 2.24) is 5.01 Å². The van der Waals surface area contributed by atoms with Crippen molar-refractivity contribution in [2.24, 2.45) is 5.10 Å². The number of anilines is 1. The molecule has 0 aliphatic carbocycles. The number of benzene rings is 2. The highest BCUT2D eigenvalue weighted by Gasteiger charge is 2.34. The first-order chi connectivity index (χ1) is 12.2. The average Bonchev–Trinajstić information content (AvgIpc) is 2.90. The zero-order valence-electron chi connectivity index (χ0n) is 13.7. The molecule has 2 aliphatic rings. The van der Waals surface area contributed by atoms with Crippen LogP contribution < -0.4 is 4.90 Å². The van der Waals surface area contributed by atoms with Gasteiger partial charge in [-0.3, -0.25) is 9.80 Å². The van der Waals surface area contributed by atoms with Gasteiger partial charge >= 0.3 is 0 Å². The molecule has 0 spiro atoms. The second-order valence-electron chi connectivity index (χ2n) is 6.05. The van der Waals surface area contributed by atoms with Gasteiger partial charge in [0.15, 0.2) is 5.71 Å². The Labute approximate surface area is 151 Å². The summed E-state index contributed by atoms with van der Waals surface area (Å²) >= 11 is 5.95. The van der Waals surface area contributed by atoms with E-state index < -0.39 is 0 Å². The number of carbonyl (C=O) groups is 1. The summed E-state index contributed by atoms with van der Waals surface area (Å²) in [6.45, 7) is 3.18. The van der Waals surface area contributed by atoms with Crippen LogP contribution in [0.1, 0.15) is 11.1 Å². The molecule has 0 unspecified atom stereocenters. The molecule has 5 nitrogen and oxygen atoms in total. The summed E-state index contributed by atoms with van der Waals surface area (Å²) in [5.41, 5.74) is 3.31. The Bertz CT molecular complexity index is 814. The minimum Gasteiger partial charge on any atom is -0.378 e. The number of hydrogen-bond acceptors (Lipinski definition) is 4. The van der Waals surface area contributed by atoms with Crippen LogP contribution in [0.25, 0.3) is 0 Å². The first kappa shape index (κ1) is 16.1. The lowest BCUT2D eigenvalue weighted by molar-refractivity contribution is -0.112. The molecule has 128 valence electrons. The summed E-state index contributed by atoms with van der Waals surface area (Å²) < 4.78 is 5.35. The van der Waals surface area contributed by atoms with Gasteiger partial charge in [-0.05, 0) is 23.8 Å². The quantitative estimate of drug-likeness (QED) is 0.850. The highest BCUT2D eigenvalue weighted by Crippen LogP contribution is 2.31. The van der Waals surface area contributed by atoms with Crippen LogP contribution in [-0.2, 0) is 16.1 Å². The Hall–Kier alpha value is -2.37. The second-order valence-corrected chi connectivity index (χ2v) is 6.49. The molecule has 4 rings (SSSR count). The summed E-state index contributed by atoms with van der Waals surface area (Å²) in [7, 11) is 0. The van der Waals surface area contributed by atoms with Gasteiger partial charge in [0.1, 0.15) is 0 Å². The molecule has 1 fully saturated rings. The molecule has 0 aromatic heterocycles. The van der Waals surface area contributed by atoms with E-state index >= 15 is 0 Å². The Morgan fingerprint density at radius 2 is 1.76 bits per heavy atom.